The zero-order valence-corrected chi connectivity index (χ0v) is 14.2. The Balaban J connectivity index is 1.90. The Labute approximate surface area is 147 Å². The summed E-state index contributed by atoms with van der Waals surface area (Å²) in [4.78, 5) is 23.8. The smallest absolute Gasteiger partial charge is 0.264 e. The number of aromatic amines is 1. The minimum atomic E-state index is -0.251. The van der Waals surface area contributed by atoms with Crippen molar-refractivity contribution in [2.24, 2.45) is 7.05 Å². The predicted octanol–water partition coefficient (Wildman–Crippen LogP) is 3.24. The molecule has 0 fully saturated rings. The van der Waals surface area contributed by atoms with Crippen LogP contribution < -0.4 is 5.56 Å². The second-order valence-corrected chi connectivity index (χ2v) is 6.16. The van der Waals surface area contributed by atoms with Gasteiger partial charge in [0.25, 0.3) is 5.56 Å². The number of benzene rings is 1. The van der Waals surface area contributed by atoms with Crippen LogP contribution in [0.15, 0.2) is 47.3 Å². The second-order valence-electron chi connectivity index (χ2n) is 5.31. The lowest BCUT2D eigenvalue weighted by molar-refractivity contribution is 0.103. The molecule has 0 amide bonds. The molecule has 0 bridgehead atoms. The number of nitrogens with one attached hydrogen (secondary N) is 1. The normalized spacial score (nSPS) is 10.8. The molecule has 0 spiro atoms. The van der Waals surface area contributed by atoms with E-state index in [0.717, 1.165) is 5.69 Å². The molecule has 5 nitrogen and oxygen atoms in total. The van der Waals surface area contributed by atoms with Crippen molar-refractivity contribution < 1.29 is 4.79 Å². The van der Waals surface area contributed by atoms with Gasteiger partial charge in [-0.15, -0.1) is 0 Å². The van der Waals surface area contributed by atoms with Crippen LogP contribution in [0, 0.1) is 0 Å². The first kappa shape index (κ1) is 16.5. The van der Waals surface area contributed by atoms with Gasteiger partial charge in [-0.1, -0.05) is 23.2 Å². The first-order valence-corrected chi connectivity index (χ1v) is 7.90. The molecule has 2 heterocycles. The third kappa shape index (κ3) is 3.27. The molecule has 0 atom stereocenters. The highest BCUT2D eigenvalue weighted by Gasteiger charge is 2.17. The van der Waals surface area contributed by atoms with E-state index in [4.69, 9.17) is 23.2 Å². The van der Waals surface area contributed by atoms with Crippen molar-refractivity contribution in [1.29, 1.82) is 0 Å². The molecular weight excluding hydrogens is 349 g/mol. The molecule has 0 saturated heterocycles. The first-order valence-electron chi connectivity index (χ1n) is 7.14. The van der Waals surface area contributed by atoms with Crippen molar-refractivity contribution >= 4 is 29.0 Å². The van der Waals surface area contributed by atoms with Crippen molar-refractivity contribution in [2.45, 2.75) is 6.42 Å². The summed E-state index contributed by atoms with van der Waals surface area (Å²) in [5.74, 6) is -0.181. The maximum atomic E-state index is 12.7. The van der Waals surface area contributed by atoms with E-state index in [1.807, 2.05) is 6.07 Å². The molecule has 0 aliphatic carbocycles. The lowest BCUT2D eigenvalue weighted by Gasteiger charge is -2.08. The SMILES string of the molecule is Cn1c(Cc2ccc(=O)[nH]n2)ccc1C(=O)c1ccc(Cl)cc1Cl. The average Bonchev–Trinajstić information content (AvgIpc) is 2.90. The second kappa shape index (κ2) is 6.63. The molecule has 24 heavy (non-hydrogen) atoms. The van der Waals surface area contributed by atoms with Crippen LogP contribution in [0.4, 0.5) is 0 Å². The first-order chi connectivity index (χ1) is 11.5. The third-order valence-electron chi connectivity index (χ3n) is 3.73. The molecule has 0 aliphatic heterocycles. The van der Waals surface area contributed by atoms with E-state index in [-0.39, 0.29) is 11.3 Å². The molecule has 0 radical (unpaired) electrons. The van der Waals surface area contributed by atoms with E-state index < -0.39 is 0 Å². The summed E-state index contributed by atoms with van der Waals surface area (Å²) < 4.78 is 1.79. The quantitative estimate of drug-likeness (QED) is 0.725. The summed E-state index contributed by atoms with van der Waals surface area (Å²) >= 11 is 12.0. The van der Waals surface area contributed by atoms with Crippen LogP contribution in [0.3, 0.4) is 0 Å². The highest BCUT2D eigenvalue weighted by molar-refractivity contribution is 6.37. The Morgan fingerprint density at radius 3 is 2.62 bits per heavy atom. The molecule has 0 unspecified atom stereocenters. The monoisotopic (exact) mass is 361 g/mol. The molecule has 1 N–H and O–H groups in total. The summed E-state index contributed by atoms with van der Waals surface area (Å²) in [5.41, 5.74) is 2.26. The van der Waals surface area contributed by atoms with Crippen LogP contribution in [0.5, 0.6) is 0 Å². The number of rotatable bonds is 4. The number of halogens is 2. The van der Waals surface area contributed by atoms with Gasteiger partial charge in [-0.3, -0.25) is 9.59 Å². The fourth-order valence-electron chi connectivity index (χ4n) is 2.43. The molecule has 7 heteroatoms. The van der Waals surface area contributed by atoms with Gasteiger partial charge in [0.2, 0.25) is 5.78 Å². The average molecular weight is 362 g/mol. The Kier molecular flexibility index (Phi) is 4.55. The molecule has 0 saturated carbocycles. The largest absolute Gasteiger partial charge is 0.345 e. The van der Waals surface area contributed by atoms with Crippen molar-refractivity contribution in [1.82, 2.24) is 14.8 Å². The van der Waals surface area contributed by atoms with Gasteiger partial charge in [-0.25, -0.2) is 5.10 Å². The zero-order chi connectivity index (χ0) is 17.3. The number of carbonyl (C=O) groups excluding carboxylic acids is 1. The highest BCUT2D eigenvalue weighted by atomic mass is 35.5. The van der Waals surface area contributed by atoms with Gasteiger partial charge in [-0.05, 0) is 36.4 Å². The van der Waals surface area contributed by atoms with E-state index in [0.29, 0.717) is 33.4 Å². The summed E-state index contributed by atoms with van der Waals surface area (Å²) in [6, 6.07) is 11.5. The zero-order valence-electron chi connectivity index (χ0n) is 12.7. The van der Waals surface area contributed by atoms with Gasteiger partial charge in [0.15, 0.2) is 0 Å². The molecule has 3 rings (SSSR count). The number of hydrogen-bond acceptors (Lipinski definition) is 3. The van der Waals surface area contributed by atoms with E-state index in [2.05, 4.69) is 10.2 Å². The van der Waals surface area contributed by atoms with E-state index >= 15 is 0 Å². The van der Waals surface area contributed by atoms with Crippen LogP contribution in [-0.2, 0) is 13.5 Å². The Bertz CT molecular complexity index is 956. The van der Waals surface area contributed by atoms with Crippen LogP contribution >= 0.6 is 23.2 Å². The van der Waals surface area contributed by atoms with Crippen LogP contribution in [0.2, 0.25) is 10.0 Å². The van der Waals surface area contributed by atoms with Crippen molar-refractivity contribution in [3.05, 3.63) is 85.5 Å². The summed E-state index contributed by atoms with van der Waals surface area (Å²) in [7, 11) is 1.80. The van der Waals surface area contributed by atoms with E-state index in [9.17, 15) is 9.59 Å². The van der Waals surface area contributed by atoms with Crippen molar-refractivity contribution in [2.75, 3.05) is 0 Å². The minimum absolute atomic E-state index is 0.181. The number of H-pyrrole nitrogens is 1. The summed E-state index contributed by atoms with van der Waals surface area (Å²) in [6.07, 6.45) is 0.495. The minimum Gasteiger partial charge on any atom is -0.345 e. The van der Waals surface area contributed by atoms with E-state index in [1.165, 1.54) is 6.07 Å². The van der Waals surface area contributed by atoms with Gasteiger partial charge < -0.3 is 4.57 Å². The van der Waals surface area contributed by atoms with Crippen molar-refractivity contribution in [3.8, 4) is 0 Å². The van der Waals surface area contributed by atoms with Crippen molar-refractivity contribution in [3.63, 3.8) is 0 Å². The van der Waals surface area contributed by atoms with E-state index in [1.54, 1.807) is 41.9 Å². The fraction of sp³-hybridized carbons (Fsp3) is 0.118. The summed E-state index contributed by atoms with van der Waals surface area (Å²) in [5, 5.41) is 7.17. The van der Waals surface area contributed by atoms with Gasteiger partial charge in [0.05, 0.1) is 16.4 Å². The third-order valence-corrected chi connectivity index (χ3v) is 4.28. The topological polar surface area (TPSA) is 67.8 Å². The lowest BCUT2D eigenvalue weighted by atomic mass is 10.1. The number of aromatic nitrogens is 3. The van der Waals surface area contributed by atoms with Gasteiger partial charge in [0, 0.05) is 35.8 Å². The highest BCUT2D eigenvalue weighted by Crippen LogP contribution is 2.24. The Morgan fingerprint density at radius 1 is 1.17 bits per heavy atom. The Morgan fingerprint density at radius 2 is 1.96 bits per heavy atom. The molecule has 0 aliphatic rings. The maximum Gasteiger partial charge on any atom is 0.264 e. The molecule has 2 aromatic heterocycles. The number of ketones is 1. The predicted molar refractivity (Wildman–Crippen MR) is 93.0 cm³/mol. The number of nitrogens with zero attached hydrogens (tertiary/aromatic N) is 2. The molecule has 3 aromatic rings. The number of carbonyl (C=O) groups is 1. The van der Waals surface area contributed by atoms with Crippen LogP contribution in [-0.4, -0.2) is 20.5 Å². The standard InChI is InChI=1S/C17H13Cl2N3O2/c1-22-12(9-11-3-7-16(23)21-20-11)4-6-15(22)17(24)13-5-2-10(18)8-14(13)19/h2-8H,9H2,1H3,(H,21,23). The van der Waals surface area contributed by atoms with Gasteiger partial charge in [0.1, 0.15) is 0 Å². The lowest BCUT2D eigenvalue weighted by Crippen LogP contribution is -2.11. The van der Waals surface area contributed by atoms with Gasteiger partial charge >= 0.3 is 0 Å². The molecule has 122 valence electrons. The fourth-order valence-corrected chi connectivity index (χ4v) is 2.92. The maximum absolute atomic E-state index is 12.7. The molecular formula is C17H13Cl2N3O2. The summed E-state index contributed by atoms with van der Waals surface area (Å²) in [6.45, 7) is 0. The molecule has 1 aromatic carbocycles. The van der Waals surface area contributed by atoms with Crippen LogP contribution in [0.25, 0.3) is 0 Å². The van der Waals surface area contributed by atoms with Crippen LogP contribution in [0.1, 0.15) is 27.4 Å². The van der Waals surface area contributed by atoms with Gasteiger partial charge in [-0.2, -0.15) is 5.10 Å². The number of hydrogen-bond donors (Lipinski definition) is 1. The Hall–Kier alpha value is -2.37.